The monoisotopic (exact) mass is 287 g/mol. The Morgan fingerprint density at radius 2 is 1.47 bits per heavy atom. The Bertz CT molecular complexity index is 410. The van der Waals surface area contributed by atoms with E-state index >= 15 is 0 Å². The van der Waals surface area contributed by atoms with Gasteiger partial charge in [0.2, 0.25) is 0 Å². The zero-order valence-electron chi connectivity index (χ0n) is 11.6. The van der Waals surface area contributed by atoms with Crippen LogP contribution in [0.15, 0.2) is 5.16 Å². The lowest BCUT2D eigenvalue weighted by molar-refractivity contribution is 0.315. The first-order chi connectivity index (χ1) is 9.16. The van der Waals surface area contributed by atoms with Gasteiger partial charge in [0.15, 0.2) is 9.84 Å². The Hall–Kier alpha value is -0.580. The van der Waals surface area contributed by atoms with Crippen LogP contribution in [0, 0.1) is 0 Å². The zero-order chi connectivity index (χ0) is 13.7. The fourth-order valence-corrected chi connectivity index (χ4v) is 5.91. The molecule has 0 bridgehead atoms. The third kappa shape index (κ3) is 3.50. The van der Waals surface area contributed by atoms with Crippen LogP contribution in [0.4, 0.5) is 0 Å². The molecule has 0 heterocycles. The minimum Gasteiger partial charge on any atom is -0.411 e. The van der Waals surface area contributed by atoms with Crippen molar-refractivity contribution in [3.8, 4) is 0 Å². The van der Waals surface area contributed by atoms with Gasteiger partial charge in [-0.25, -0.2) is 8.42 Å². The first kappa shape index (κ1) is 14.8. The average Bonchev–Trinajstić information content (AvgIpc) is 2.39. The Labute approximate surface area is 116 Å². The molecular formula is C14H25NO3S. The van der Waals surface area contributed by atoms with Crippen LogP contribution < -0.4 is 0 Å². The van der Waals surface area contributed by atoms with Crippen LogP contribution in [0.25, 0.3) is 0 Å². The van der Waals surface area contributed by atoms with Crippen molar-refractivity contribution in [2.75, 3.05) is 0 Å². The maximum absolute atomic E-state index is 12.8. The minimum atomic E-state index is -3.18. The van der Waals surface area contributed by atoms with Gasteiger partial charge in [-0.3, -0.25) is 0 Å². The molecule has 2 aliphatic rings. The summed E-state index contributed by atoms with van der Waals surface area (Å²) in [5.74, 6) is 0. The van der Waals surface area contributed by atoms with E-state index in [2.05, 4.69) is 5.16 Å². The lowest BCUT2D eigenvalue weighted by Gasteiger charge is -2.28. The van der Waals surface area contributed by atoms with Crippen molar-refractivity contribution in [3.05, 3.63) is 0 Å². The number of oxime groups is 1. The molecule has 1 atom stereocenters. The molecule has 0 saturated heterocycles. The molecule has 0 aromatic carbocycles. The Morgan fingerprint density at radius 1 is 0.895 bits per heavy atom. The minimum absolute atomic E-state index is 0.206. The fraction of sp³-hybridized carbons (Fsp3) is 0.929. The summed E-state index contributed by atoms with van der Waals surface area (Å²) in [6.07, 6.45) is 10.1. The van der Waals surface area contributed by atoms with E-state index in [0.717, 1.165) is 57.8 Å². The lowest BCUT2D eigenvalue weighted by atomic mass is 9.99. The third-order valence-corrected chi connectivity index (χ3v) is 7.26. The second-order valence-corrected chi connectivity index (χ2v) is 8.30. The Balaban J connectivity index is 2.18. The summed E-state index contributed by atoms with van der Waals surface area (Å²) in [5.41, 5.74) is 0.505. The van der Waals surface area contributed by atoms with Crippen LogP contribution in [-0.4, -0.2) is 29.8 Å². The summed E-state index contributed by atoms with van der Waals surface area (Å²) in [4.78, 5) is 0. The molecule has 110 valence electrons. The number of sulfone groups is 1. The molecular weight excluding hydrogens is 262 g/mol. The zero-order valence-corrected chi connectivity index (χ0v) is 12.4. The molecule has 19 heavy (non-hydrogen) atoms. The number of nitrogens with zero attached hydrogens (tertiary/aromatic N) is 1. The molecule has 5 heteroatoms. The van der Waals surface area contributed by atoms with Gasteiger partial charge in [-0.1, -0.05) is 43.7 Å². The highest BCUT2D eigenvalue weighted by Crippen LogP contribution is 2.30. The average molecular weight is 287 g/mol. The maximum Gasteiger partial charge on any atom is 0.161 e. The van der Waals surface area contributed by atoms with E-state index in [4.69, 9.17) is 5.21 Å². The molecule has 2 saturated carbocycles. The van der Waals surface area contributed by atoms with Gasteiger partial charge in [0.1, 0.15) is 5.25 Å². The molecule has 0 aromatic heterocycles. The van der Waals surface area contributed by atoms with Crippen LogP contribution in [0.1, 0.15) is 70.6 Å². The quantitative estimate of drug-likeness (QED) is 0.626. The van der Waals surface area contributed by atoms with Gasteiger partial charge in [-0.2, -0.15) is 0 Å². The van der Waals surface area contributed by atoms with E-state index in [1.807, 2.05) is 0 Å². The normalized spacial score (nSPS) is 29.9. The van der Waals surface area contributed by atoms with Crippen molar-refractivity contribution < 1.29 is 13.6 Å². The van der Waals surface area contributed by atoms with Crippen molar-refractivity contribution in [2.24, 2.45) is 5.16 Å². The van der Waals surface area contributed by atoms with Crippen LogP contribution in [0.3, 0.4) is 0 Å². The summed E-state index contributed by atoms with van der Waals surface area (Å²) in [7, 11) is -3.18. The fourth-order valence-electron chi connectivity index (χ4n) is 3.41. The SMILES string of the molecule is O=S(=O)(C1CCCCC1)[C@H]1CCCCCC/C1=N/O. The first-order valence-corrected chi connectivity index (χ1v) is 9.20. The number of hydrogen-bond donors (Lipinski definition) is 1. The van der Waals surface area contributed by atoms with Crippen molar-refractivity contribution in [2.45, 2.75) is 81.1 Å². The summed E-state index contributed by atoms with van der Waals surface area (Å²) < 4.78 is 25.6. The van der Waals surface area contributed by atoms with Crippen LogP contribution in [0.5, 0.6) is 0 Å². The molecule has 1 N–H and O–H groups in total. The van der Waals surface area contributed by atoms with E-state index in [0.29, 0.717) is 18.6 Å². The summed E-state index contributed by atoms with van der Waals surface area (Å²) in [6.45, 7) is 0. The molecule has 2 fully saturated rings. The second-order valence-electron chi connectivity index (χ2n) is 5.88. The highest BCUT2D eigenvalue weighted by atomic mass is 32.2. The lowest BCUT2D eigenvalue weighted by Crippen LogP contribution is -2.39. The number of hydrogen-bond acceptors (Lipinski definition) is 4. The van der Waals surface area contributed by atoms with Crippen LogP contribution >= 0.6 is 0 Å². The Kier molecular flexibility index (Phi) is 5.25. The second kappa shape index (κ2) is 6.73. The molecule has 0 amide bonds. The van der Waals surface area contributed by atoms with Crippen LogP contribution in [-0.2, 0) is 9.84 Å². The number of rotatable bonds is 2. The van der Waals surface area contributed by atoms with Crippen molar-refractivity contribution in [1.82, 2.24) is 0 Å². The first-order valence-electron chi connectivity index (χ1n) is 7.60. The topological polar surface area (TPSA) is 66.7 Å². The molecule has 0 aliphatic heterocycles. The Morgan fingerprint density at radius 3 is 2.16 bits per heavy atom. The largest absolute Gasteiger partial charge is 0.411 e. The summed E-state index contributed by atoms with van der Waals surface area (Å²) >= 11 is 0. The molecule has 0 spiro atoms. The molecule has 0 aromatic rings. The van der Waals surface area contributed by atoms with Crippen molar-refractivity contribution in [1.29, 1.82) is 0 Å². The van der Waals surface area contributed by atoms with Crippen molar-refractivity contribution in [3.63, 3.8) is 0 Å². The van der Waals surface area contributed by atoms with Gasteiger partial charge in [0.25, 0.3) is 0 Å². The van der Waals surface area contributed by atoms with Crippen LogP contribution in [0.2, 0.25) is 0 Å². The van der Waals surface area contributed by atoms with Gasteiger partial charge in [0, 0.05) is 0 Å². The highest BCUT2D eigenvalue weighted by molar-refractivity contribution is 7.93. The van der Waals surface area contributed by atoms with Gasteiger partial charge < -0.3 is 5.21 Å². The van der Waals surface area contributed by atoms with Gasteiger partial charge in [-0.05, 0) is 32.1 Å². The summed E-state index contributed by atoms with van der Waals surface area (Å²) in [5, 5.41) is 11.8. The molecule has 4 nitrogen and oxygen atoms in total. The van der Waals surface area contributed by atoms with E-state index in [1.54, 1.807) is 0 Å². The van der Waals surface area contributed by atoms with Gasteiger partial charge in [-0.15, -0.1) is 0 Å². The molecule has 0 unspecified atom stereocenters. The van der Waals surface area contributed by atoms with Gasteiger partial charge in [0.05, 0.1) is 11.0 Å². The van der Waals surface area contributed by atoms with E-state index in [9.17, 15) is 8.42 Å². The van der Waals surface area contributed by atoms with E-state index in [-0.39, 0.29) is 5.25 Å². The highest BCUT2D eigenvalue weighted by Gasteiger charge is 2.37. The standard InChI is InChI=1S/C14H25NO3S/c16-15-13-10-6-1-2-7-11-14(13)19(17,18)12-8-4-3-5-9-12/h12,14,16H,1-11H2/b15-13-/t14-/m0/s1. The predicted octanol–water partition coefficient (Wildman–Crippen LogP) is 3.29. The summed E-state index contributed by atoms with van der Waals surface area (Å²) in [6, 6.07) is 0. The third-order valence-electron chi connectivity index (χ3n) is 4.56. The van der Waals surface area contributed by atoms with E-state index < -0.39 is 15.1 Å². The maximum atomic E-state index is 12.8. The smallest absolute Gasteiger partial charge is 0.161 e. The molecule has 2 rings (SSSR count). The molecule has 0 radical (unpaired) electrons. The van der Waals surface area contributed by atoms with E-state index in [1.165, 1.54) is 0 Å². The van der Waals surface area contributed by atoms with Gasteiger partial charge >= 0.3 is 0 Å². The van der Waals surface area contributed by atoms with Crippen molar-refractivity contribution >= 4 is 15.5 Å². The molecule has 2 aliphatic carbocycles. The predicted molar refractivity (Wildman–Crippen MR) is 76.5 cm³/mol.